The molecular weight excluding hydrogens is 442 g/mol. The average Bonchev–Trinajstić information content (AvgIpc) is 3.41. The van der Waals surface area contributed by atoms with Crippen molar-refractivity contribution >= 4 is 28.6 Å². The lowest BCUT2D eigenvalue weighted by atomic mass is 10.0. The predicted octanol–water partition coefficient (Wildman–Crippen LogP) is 3.71. The largest absolute Gasteiger partial charge is 0.490 e. The van der Waals surface area contributed by atoms with Gasteiger partial charge in [-0.2, -0.15) is 4.98 Å². The Morgan fingerprint density at radius 1 is 1.21 bits per heavy atom. The average molecular weight is 472 g/mol. The molecule has 2 fully saturated rings. The molecule has 3 atom stereocenters. The summed E-state index contributed by atoms with van der Waals surface area (Å²) in [5, 5.41) is 0.695. The van der Waals surface area contributed by atoms with Crippen LogP contribution in [0.15, 0.2) is 29.1 Å². The summed E-state index contributed by atoms with van der Waals surface area (Å²) in [4.78, 5) is 24.4. The van der Waals surface area contributed by atoms with Crippen molar-refractivity contribution in [2.75, 3.05) is 18.1 Å². The Hall–Kier alpha value is -2.58. The SMILES string of the molecule is Cc1nc2c(N3CC[C@H](Oc4ccc(Cl)cc4)C[C@@H]3C)nc(=O)n(C)c2n1C[C@@H]1CCCO1. The van der Waals surface area contributed by atoms with Crippen LogP contribution in [0, 0.1) is 6.92 Å². The number of fused-ring (bicyclic) bond motifs is 1. The minimum atomic E-state index is -0.266. The molecule has 5 rings (SSSR count). The zero-order valence-corrected chi connectivity index (χ0v) is 20.1. The molecule has 2 aliphatic rings. The van der Waals surface area contributed by atoms with Gasteiger partial charge >= 0.3 is 5.69 Å². The fraction of sp³-hybridized carbons (Fsp3) is 0.542. The van der Waals surface area contributed by atoms with E-state index in [1.54, 1.807) is 11.6 Å². The highest BCUT2D eigenvalue weighted by molar-refractivity contribution is 6.30. The van der Waals surface area contributed by atoms with E-state index in [0.717, 1.165) is 61.6 Å². The highest BCUT2D eigenvalue weighted by atomic mass is 35.5. The lowest BCUT2D eigenvalue weighted by Crippen LogP contribution is -2.45. The molecule has 33 heavy (non-hydrogen) atoms. The Labute approximate surface area is 198 Å². The number of aromatic nitrogens is 4. The van der Waals surface area contributed by atoms with Gasteiger partial charge in [0.1, 0.15) is 28.8 Å². The Morgan fingerprint density at radius 3 is 2.70 bits per heavy atom. The van der Waals surface area contributed by atoms with E-state index in [2.05, 4.69) is 21.4 Å². The Morgan fingerprint density at radius 2 is 2.00 bits per heavy atom. The first kappa shape index (κ1) is 22.2. The normalized spacial score (nSPS) is 23.4. The van der Waals surface area contributed by atoms with Crippen LogP contribution in [0.4, 0.5) is 5.82 Å². The molecule has 3 aromatic rings. The van der Waals surface area contributed by atoms with Gasteiger partial charge in [0.15, 0.2) is 5.82 Å². The van der Waals surface area contributed by atoms with Gasteiger partial charge in [-0.25, -0.2) is 9.78 Å². The van der Waals surface area contributed by atoms with E-state index in [9.17, 15) is 4.79 Å². The second-order valence-electron chi connectivity index (χ2n) is 9.11. The minimum absolute atomic E-state index is 0.0956. The maximum absolute atomic E-state index is 12.9. The Bertz CT molecular complexity index is 1200. The molecule has 2 aromatic heterocycles. The third-order valence-electron chi connectivity index (χ3n) is 6.78. The van der Waals surface area contributed by atoms with Gasteiger partial charge in [0.2, 0.25) is 0 Å². The lowest BCUT2D eigenvalue weighted by molar-refractivity contribution is 0.0972. The van der Waals surface area contributed by atoms with Crippen molar-refractivity contribution in [1.82, 2.24) is 19.1 Å². The van der Waals surface area contributed by atoms with Crippen LogP contribution < -0.4 is 15.3 Å². The van der Waals surface area contributed by atoms with Crippen molar-refractivity contribution in [3.63, 3.8) is 0 Å². The number of benzene rings is 1. The monoisotopic (exact) mass is 471 g/mol. The van der Waals surface area contributed by atoms with E-state index < -0.39 is 0 Å². The smallest absolute Gasteiger partial charge is 0.350 e. The van der Waals surface area contributed by atoms with Gasteiger partial charge in [-0.1, -0.05) is 11.6 Å². The van der Waals surface area contributed by atoms with Gasteiger partial charge < -0.3 is 18.9 Å². The maximum atomic E-state index is 12.9. The summed E-state index contributed by atoms with van der Waals surface area (Å²) in [6.45, 7) is 6.38. The van der Waals surface area contributed by atoms with Crippen LogP contribution in [-0.2, 0) is 18.3 Å². The third-order valence-corrected chi connectivity index (χ3v) is 7.03. The van der Waals surface area contributed by atoms with E-state index in [1.807, 2.05) is 31.2 Å². The van der Waals surface area contributed by atoms with Crippen molar-refractivity contribution in [3.8, 4) is 5.75 Å². The van der Waals surface area contributed by atoms with Crippen LogP contribution in [0.1, 0.15) is 38.4 Å². The number of hydrogen-bond acceptors (Lipinski definition) is 6. The Balaban J connectivity index is 1.42. The van der Waals surface area contributed by atoms with Crippen molar-refractivity contribution in [2.45, 2.75) is 64.3 Å². The molecule has 0 unspecified atom stereocenters. The maximum Gasteiger partial charge on any atom is 0.350 e. The molecule has 0 aliphatic carbocycles. The molecule has 0 N–H and O–H groups in total. The van der Waals surface area contributed by atoms with Gasteiger partial charge in [-0.05, 0) is 51.0 Å². The van der Waals surface area contributed by atoms with E-state index >= 15 is 0 Å². The van der Waals surface area contributed by atoms with Crippen LogP contribution in [0.3, 0.4) is 0 Å². The molecular formula is C24H30ClN5O3. The van der Waals surface area contributed by atoms with Crippen molar-refractivity contribution < 1.29 is 9.47 Å². The molecule has 2 aliphatic heterocycles. The fourth-order valence-corrected chi connectivity index (χ4v) is 5.15. The van der Waals surface area contributed by atoms with Crippen LogP contribution >= 0.6 is 11.6 Å². The summed E-state index contributed by atoms with van der Waals surface area (Å²) in [5.74, 6) is 2.36. The first-order chi connectivity index (χ1) is 15.9. The molecule has 8 nitrogen and oxygen atoms in total. The van der Waals surface area contributed by atoms with Gasteiger partial charge in [0, 0.05) is 44.1 Å². The van der Waals surface area contributed by atoms with Crippen LogP contribution in [0.5, 0.6) is 5.75 Å². The van der Waals surface area contributed by atoms with Crippen molar-refractivity contribution in [3.05, 3.63) is 45.6 Å². The highest BCUT2D eigenvalue weighted by Crippen LogP contribution is 2.31. The number of imidazole rings is 1. The molecule has 0 radical (unpaired) electrons. The summed E-state index contributed by atoms with van der Waals surface area (Å²) < 4.78 is 15.8. The molecule has 1 aromatic carbocycles. The molecule has 0 spiro atoms. The van der Waals surface area contributed by atoms with Gasteiger partial charge in [-0.3, -0.25) is 4.57 Å². The second kappa shape index (κ2) is 8.99. The summed E-state index contributed by atoms with van der Waals surface area (Å²) in [6, 6.07) is 7.63. The number of rotatable bonds is 5. The standard InChI is InChI=1S/C24H30ClN5O3/c1-15-13-19(33-18-8-6-17(25)7-9-18)10-11-29(15)22-21-23(28(3)24(31)27-22)30(16(2)26-21)14-20-5-4-12-32-20/h6-9,15,19-20H,4-5,10-14H2,1-3H3/t15-,19-,20-/m0/s1. The van der Waals surface area contributed by atoms with Crippen LogP contribution in [0.2, 0.25) is 5.02 Å². The molecule has 0 bridgehead atoms. The van der Waals surface area contributed by atoms with E-state index in [0.29, 0.717) is 17.4 Å². The first-order valence-corrected chi connectivity index (χ1v) is 12.0. The molecule has 4 heterocycles. The summed E-state index contributed by atoms with van der Waals surface area (Å²) >= 11 is 5.99. The lowest BCUT2D eigenvalue weighted by Gasteiger charge is -2.38. The van der Waals surface area contributed by atoms with Crippen LogP contribution in [0.25, 0.3) is 11.2 Å². The van der Waals surface area contributed by atoms with Crippen molar-refractivity contribution in [2.24, 2.45) is 7.05 Å². The summed E-state index contributed by atoms with van der Waals surface area (Å²) in [5.41, 5.74) is 1.32. The van der Waals surface area contributed by atoms with E-state index in [-0.39, 0.29) is 23.9 Å². The zero-order chi connectivity index (χ0) is 23.1. The van der Waals surface area contributed by atoms with E-state index in [1.165, 1.54) is 0 Å². The summed E-state index contributed by atoms with van der Waals surface area (Å²) in [6.07, 6.45) is 4.03. The quantitative estimate of drug-likeness (QED) is 0.564. The summed E-state index contributed by atoms with van der Waals surface area (Å²) in [7, 11) is 1.77. The Kier molecular flexibility index (Phi) is 6.05. The highest BCUT2D eigenvalue weighted by Gasteiger charge is 2.31. The number of ether oxygens (including phenoxy) is 2. The van der Waals surface area contributed by atoms with Crippen molar-refractivity contribution in [1.29, 1.82) is 0 Å². The minimum Gasteiger partial charge on any atom is -0.490 e. The number of anilines is 1. The number of hydrogen-bond donors (Lipinski definition) is 0. The molecule has 0 saturated carbocycles. The van der Waals surface area contributed by atoms with Crippen LogP contribution in [-0.4, -0.2) is 50.5 Å². The van der Waals surface area contributed by atoms with Gasteiger partial charge in [-0.15, -0.1) is 0 Å². The third kappa shape index (κ3) is 4.34. The number of aryl methyl sites for hydroxylation is 2. The molecule has 0 amide bonds. The second-order valence-corrected chi connectivity index (χ2v) is 9.55. The molecule has 176 valence electrons. The molecule has 2 saturated heterocycles. The topological polar surface area (TPSA) is 74.4 Å². The number of piperidine rings is 1. The zero-order valence-electron chi connectivity index (χ0n) is 19.3. The van der Waals surface area contributed by atoms with Gasteiger partial charge in [0.25, 0.3) is 0 Å². The van der Waals surface area contributed by atoms with Gasteiger partial charge in [0.05, 0.1) is 12.6 Å². The predicted molar refractivity (Wildman–Crippen MR) is 128 cm³/mol. The molecule has 9 heteroatoms. The fourth-order valence-electron chi connectivity index (χ4n) is 5.02. The number of nitrogens with zero attached hydrogens (tertiary/aromatic N) is 5. The first-order valence-electron chi connectivity index (χ1n) is 11.6. The van der Waals surface area contributed by atoms with E-state index in [4.69, 9.17) is 26.1 Å². The number of halogens is 1.